The number of hydrogen-bond acceptors (Lipinski definition) is 9. The molecule has 5 rings (SSSR count). The molecule has 12 heteroatoms. The van der Waals surface area contributed by atoms with Gasteiger partial charge in [0, 0.05) is 43.6 Å². The Morgan fingerprint density at radius 1 is 1.22 bits per heavy atom. The number of furan rings is 1. The minimum atomic E-state index is -0.737. The first-order valence-corrected chi connectivity index (χ1v) is 13.8. The zero-order valence-electron chi connectivity index (χ0n) is 22.6. The monoisotopic (exact) mass is 592 g/mol. The summed E-state index contributed by atoms with van der Waals surface area (Å²) in [5, 5.41) is 11.5. The number of aromatic nitrogens is 1. The Labute approximate surface area is 243 Å². The van der Waals surface area contributed by atoms with Crippen LogP contribution in [0.5, 0.6) is 0 Å². The quantitative estimate of drug-likeness (QED) is 0.173. The molecular weight excluding hydrogens is 568 g/mol. The van der Waals surface area contributed by atoms with Crippen molar-refractivity contribution in [1.82, 2.24) is 4.57 Å². The molecule has 0 radical (unpaired) electrons. The molecule has 0 saturated heterocycles. The highest BCUT2D eigenvalue weighted by Crippen LogP contribution is 2.33. The number of carbonyl (C=O) groups is 1. The standard InChI is InChI=1S/C29H25ClN4O6S/c1-5-39-28(36)25-16(2)31-29-33(26(25)17-6-8-18(9-7-17)32(3)4)27(35)24(41-29)15-20-11-13-23(40-20)21-14-19(34(37)38)10-12-22(21)30/h6-15,26H,5H2,1-4H3/b24-15-/t26-/m1/s1. The highest BCUT2D eigenvalue weighted by molar-refractivity contribution is 7.07. The smallest absolute Gasteiger partial charge is 0.338 e. The van der Waals surface area contributed by atoms with Crippen molar-refractivity contribution in [2.24, 2.45) is 4.99 Å². The molecule has 1 atom stereocenters. The zero-order valence-corrected chi connectivity index (χ0v) is 24.2. The number of allylic oxidation sites excluding steroid dienone is 1. The van der Waals surface area contributed by atoms with Gasteiger partial charge in [0.15, 0.2) is 4.80 Å². The average Bonchev–Trinajstić information content (AvgIpc) is 3.52. The Bertz CT molecular complexity index is 1880. The molecule has 2 aromatic carbocycles. The fourth-order valence-electron chi connectivity index (χ4n) is 4.58. The van der Waals surface area contributed by atoms with Gasteiger partial charge >= 0.3 is 5.97 Å². The Kier molecular flexibility index (Phi) is 7.65. The molecule has 2 aromatic heterocycles. The van der Waals surface area contributed by atoms with Crippen molar-refractivity contribution in [2.45, 2.75) is 19.9 Å². The zero-order chi connectivity index (χ0) is 29.4. The first-order chi connectivity index (χ1) is 19.6. The van der Waals surface area contributed by atoms with Gasteiger partial charge in [0.2, 0.25) is 0 Å². The van der Waals surface area contributed by atoms with Crippen molar-refractivity contribution in [1.29, 1.82) is 0 Å². The van der Waals surface area contributed by atoms with Crippen molar-refractivity contribution in [3.63, 3.8) is 0 Å². The molecule has 10 nitrogen and oxygen atoms in total. The van der Waals surface area contributed by atoms with Crippen LogP contribution in [0.4, 0.5) is 11.4 Å². The molecule has 4 aromatic rings. The topological polar surface area (TPSA) is 120 Å². The van der Waals surface area contributed by atoms with E-state index in [0.717, 1.165) is 11.3 Å². The third kappa shape index (κ3) is 5.33. The lowest BCUT2D eigenvalue weighted by atomic mass is 9.95. The Morgan fingerprint density at radius 2 is 1.95 bits per heavy atom. The van der Waals surface area contributed by atoms with E-state index in [0.29, 0.717) is 37.7 Å². The van der Waals surface area contributed by atoms with Crippen molar-refractivity contribution in [3.05, 3.63) is 112 Å². The van der Waals surface area contributed by atoms with E-state index in [1.807, 2.05) is 43.3 Å². The molecule has 0 spiro atoms. The van der Waals surface area contributed by atoms with E-state index in [1.54, 1.807) is 32.1 Å². The average molecular weight is 593 g/mol. The van der Waals surface area contributed by atoms with Crippen LogP contribution in [-0.2, 0) is 9.53 Å². The lowest BCUT2D eigenvalue weighted by molar-refractivity contribution is -0.384. The molecule has 41 heavy (non-hydrogen) atoms. The van der Waals surface area contributed by atoms with Crippen LogP contribution < -0.4 is 19.8 Å². The number of esters is 1. The maximum Gasteiger partial charge on any atom is 0.338 e. The Hall–Kier alpha value is -4.48. The van der Waals surface area contributed by atoms with Gasteiger partial charge in [0.1, 0.15) is 11.5 Å². The minimum Gasteiger partial charge on any atom is -0.463 e. The third-order valence-electron chi connectivity index (χ3n) is 6.57. The van der Waals surface area contributed by atoms with E-state index in [9.17, 15) is 19.7 Å². The van der Waals surface area contributed by atoms with E-state index >= 15 is 0 Å². The van der Waals surface area contributed by atoms with Gasteiger partial charge in [-0.05, 0) is 49.7 Å². The van der Waals surface area contributed by atoms with Crippen molar-refractivity contribution < 1.29 is 18.9 Å². The van der Waals surface area contributed by atoms with E-state index in [-0.39, 0.29) is 22.9 Å². The van der Waals surface area contributed by atoms with Gasteiger partial charge in [-0.3, -0.25) is 19.5 Å². The number of rotatable bonds is 7. The number of anilines is 1. The molecule has 1 aliphatic heterocycles. The molecular formula is C29H25ClN4O6S. The molecule has 0 unspecified atom stereocenters. The van der Waals surface area contributed by atoms with Crippen molar-refractivity contribution in [2.75, 3.05) is 25.6 Å². The summed E-state index contributed by atoms with van der Waals surface area (Å²) in [5.41, 5.74) is 2.36. The fourth-order valence-corrected chi connectivity index (χ4v) is 5.82. The first kappa shape index (κ1) is 28.1. The van der Waals surface area contributed by atoms with E-state index in [2.05, 4.69) is 4.99 Å². The molecule has 0 saturated carbocycles. The van der Waals surface area contributed by atoms with Crippen molar-refractivity contribution >= 4 is 46.4 Å². The number of fused-ring (bicyclic) bond motifs is 1. The Balaban J connectivity index is 1.62. The number of ether oxygens (including phenoxy) is 1. The minimum absolute atomic E-state index is 0.123. The van der Waals surface area contributed by atoms with Crippen LogP contribution in [0.1, 0.15) is 31.2 Å². The number of hydrogen-bond donors (Lipinski definition) is 0. The summed E-state index contributed by atoms with van der Waals surface area (Å²) in [6.07, 6.45) is 1.58. The van der Waals surface area contributed by atoms with Gasteiger partial charge in [-0.2, -0.15) is 0 Å². The number of benzene rings is 2. The highest BCUT2D eigenvalue weighted by atomic mass is 35.5. The predicted octanol–water partition coefficient (Wildman–Crippen LogP) is 4.69. The molecule has 0 N–H and O–H groups in total. The summed E-state index contributed by atoms with van der Waals surface area (Å²) in [6.45, 7) is 3.64. The van der Waals surface area contributed by atoms with Crippen LogP contribution in [0.15, 0.2) is 80.1 Å². The van der Waals surface area contributed by atoms with Gasteiger partial charge in [-0.15, -0.1) is 0 Å². The molecule has 0 fully saturated rings. The number of halogens is 1. The second-order valence-corrected chi connectivity index (χ2v) is 10.8. The van der Waals surface area contributed by atoms with Crippen molar-refractivity contribution in [3.8, 4) is 11.3 Å². The number of nitro groups is 1. The number of nitro benzene ring substituents is 1. The SMILES string of the molecule is CCOC(=O)C1=C(C)N=c2s/c(=C\c3ccc(-c4cc([N+](=O)[O-])ccc4Cl)o3)c(=O)n2[C@@H]1c1ccc(N(C)C)cc1. The third-order valence-corrected chi connectivity index (χ3v) is 7.88. The predicted molar refractivity (Wildman–Crippen MR) is 157 cm³/mol. The van der Waals surface area contributed by atoms with Gasteiger partial charge < -0.3 is 14.1 Å². The van der Waals surface area contributed by atoms with Gasteiger partial charge in [0.25, 0.3) is 11.2 Å². The molecule has 0 amide bonds. The van der Waals surface area contributed by atoms with Gasteiger partial charge in [-0.25, -0.2) is 9.79 Å². The summed E-state index contributed by atoms with van der Waals surface area (Å²) in [7, 11) is 3.86. The number of thiazole rings is 1. The number of non-ortho nitro benzene ring substituents is 1. The summed E-state index contributed by atoms with van der Waals surface area (Å²) < 4.78 is 13.1. The van der Waals surface area contributed by atoms with E-state index < -0.39 is 16.9 Å². The Morgan fingerprint density at radius 3 is 2.61 bits per heavy atom. The van der Waals surface area contributed by atoms with E-state index in [4.69, 9.17) is 20.8 Å². The van der Waals surface area contributed by atoms with Crippen LogP contribution in [0.3, 0.4) is 0 Å². The summed E-state index contributed by atoms with van der Waals surface area (Å²) >= 11 is 7.44. The molecule has 210 valence electrons. The first-order valence-electron chi connectivity index (χ1n) is 12.6. The van der Waals surface area contributed by atoms with Gasteiger partial charge in [0.05, 0.1) is 38.4 Å². The van der Waals surface area contributed by atoms with Gasteiger partial charge in [-0.1, -0.05) is 35.1 Å². The summed E-state index contributed by atoms with van der Waals surface area (Å²) in [5.74, 6) is 0.132. The van der Waals surface area contributed by atoms with Crippen LogP contribution >= 0.6 is 22.9 Å². The van der Waals surface area contributed by atoms with Crippen LogP contribution in [0, 0.1) is 10.1 Å². The van der Waals surface area contributed by atoms with Crippen LogP contribution in [0.2, 0.25) is 5.02 Å². The summed E-state index contributed by atoms with van der Waals surface area (Å²) in [6, 6.07) is 14.2. The molecule has 0 bridgehead atoms. The molecule has 0 aliphatic carbocycles. The maximum atomic E-state index is 13.8. The number of nitrogens with zero attached hydrogens (tertiary/aromatic N) is 4. The fraction of sp³-hybridized carbons (Fsp3) is 0.207. The molecule has 1 aliphatic rings. The normalized spacial score (nSPS) is 15.0. The second-order valence-electron chi connectivity index (χ2n) is 9.41. The largest absolute Gasteiger partial charge is 0.463 e. The lowest BCUT2D eigenvalue weighted by Crippen LogP contribution is -2.39. The molecule has 3 heterocycles. The lowest BCUT2D eigenvalue weighted by Gasteiger charge is -2.25. The van der Waals surface area contributed by atoms with Crippen LogP contribution in [-0.4, -0.2) is 36.2 Å². The second kappa shape index (κ2) is 11.2. The highest BCUT2D eigenvalue weighted by Gasteiger charge is 2.33. The summed E-state index contributed by atoms with van der Waals surface area (Å²) in [4.78, 5) is 44.6. The maximum absolute atomic E-state index is 13.8. The van der Waals surface area contributed by atoms with E-state index in [1.165, 1.54) is 34.1 Å². The van der Waals surface area contributed by atoms with Crippen LogP contribution in [0.25, 0.3) is 17.4 Å². The number of carbonyl (C=O) groups excluding carboxylic acids is 1.